The van der Waals surface area contributed by atoms with Crippen molar-refractivity contribution in [3.8, 4) is 6.07 Å². The smallest absolute Gasteiger partial charge is 0.331 e. The predicted octanol–water partition coefficient (Wildman–Crippen LogP) is 4.22. The van der Waals surface area contributed by atoms with Gasteiger partial charge in [0.15, 0.2) is 11.6 Å². The summed E-state index contributed by atoms with van der Waals surface area (Å²) in [6, 6.07) is 18.9. The molecule has 0 radical (unpaired) electrons. The Bertz CT molecular complexity index is 1100. The lowest BCUT2D eigenvalue weighted by Gasteiger charge is -2.05. The lowest BCUT2D eigenvalue weighted by atomic mass is 10.2. The zero-order chi connectivity index (χ0) is 19.9. The van der Waals surface area contributed by atoms with Gasteiger partial charge in [-0.05, 0) is 29.7 Å². The van der Waals surface area contributed by atoms with Gasteiger partial charge in [-0.2, -0.15) is 5.26 Å². The highest BCUT2D eigenvalue weighted by Crippen LogP contribution is 2.22. The molecule has 0 aliphatic heterocycles. The van der Waals surface area contributed by atoms with Crippen LogP contribution in [0.5, 0.6) is 0 Å². The molecule has 7 heteroatoms. The van der Waals surface area contributed by atoms with Gasteiger partial charge < -0.3 is 14.4 Å². The van der Waals surface area contributed by atoms with Crippen LogP contribution in [0.15, 0.2) is 76.7 Å². The molecule has 0 aliphatic carbocycles. The SMILES string of the molecule is Cn1c(/C(C#N)=C(\O)COC(=O)/C=C/Sc2ccccc2)nc2ccccc21. The number of nitriles is 1. The number of imidazole rings is 1. The summed E-state index contributed by atoms with van der Waals surface area (Å²) < 4.78 is 6.74. The Morgan fingerprint density at radius 1 is 1.25 bits per heavy atom. The Morgan fingerprint density at radius 3 is 2.68 bits per heavy atom. The van der Waals surface area contributed by atoms with Gasteiger partial charge in [0.05, 0.1) is 11.0 Å². The summed E-state index contributed by atoms with van der Waals surface area (Å²) in [4.78, 5) is 17.2. The number of hydrogen-bond acceptors (Lipinski definition) is 6. The standard InChI is InChI=1S/C21H17N3O3S/c1-24-18-10-6-5-9-17(18)23-21(24)16(13-22)19(25)14-27-20(26)11-12-28-15-7-3-2-4-8-15/h2-12,25H,14H2,1H3/b12-11+,19-16-. The van der Waals surface area contributed by atoms with E-state index in [9.17, 15) is 15.2 Å². The molecule has 1 N–H and O–H groups in total. The Labute approximate surface area is 166 Å². The number of benzene rings is 2. The third-order valence-corrected chi connectivity index (χ3v) is 4.73. The van der Waals surface area contributed by atoms with Crippen molar-refractivity contribution in [1.29, 1.82) is 5.26 Å². The van der Waals surface area contributed by atoms with Crippen molar-refractivity contribution < 1.29 is 14.6 Å². The van der Waals surface area contributed by atoms with E-state index >= 15 is 0 Å². The number of nitrogens with zero attached hydrogens (tertiary/aromatic N) is 3. The van der Waals surface area contributed by atoms with E-state index in [1.807, 2.05) is 60.7 Å². The van der Waals surface area contributed by atoms with Crippen molar-refractivity contribution in [3.63, 3.8) is 0 Å². The maximum Gasteiger partial charge on any atom is 0.331 e. The molecule has 0 saturated heterocycles. The maximum atomic E-state index is 11.8. The van der Waals surface area contributed by atoms with E-state index in [-0.39, 0.29) is 11.3 Å². The number of carbonyl (C=O) groups excluding carboxylic acids is 1. The average Bonchev–Trinajstić information content (AvgIpc) is 3.04. The van der Waals surface area contributed by atoms with Crippen LogP contribution < -0.4 is 0 Å². The molecular weight excluding hydrogens is 374 g/mol. The third-order valence-electron chi connectivity index (χ3n) is 3.91. The Balaban J connectivity index is 1.68. The molecule has 6 nitrogen and oxygen atoms in total. The Morgan fingerprint density at radius 2 is 1.96 bits per heavy atom. The minimum absolute atomic E-state index is 0.0332. The van der Waals surface area contributed by atoms with Gasteiger partial charge >= 0.3 is 5.97 Å². The van der Waals surface area contributed by atoms with Crippen LogP contribution in [0.4, 0.5) is 0 Å². The molecular formula is C21H17N3O3S. The lowest BCUT2D eigenvalue weighted by Crippen LogP contribution is -2.07. The summed E-state index contributed by atoms with van der Waals surface area (Å²) >= 11 is 1.37. The third kappa shape index (κ3) is 4.42. The fourth-order valence-electron chi connectivity index (χ4n) is 2.54. The summed E-state index contributed by atoms with van der Waals surface area (Å²) in [5, 5.41) is 21.3. The largest absolute Gasteiger partial charge is 0.507 e. The fraction of sp³-hybridized carbons (Fsp3) is 0.0952. The highest BCUT2D eigenvalue weighted by atomic mass is 32.2. The first kappa shape index (κ1) is 19.3. The molecule has 0 amide bonds. The molecule has 3 aromatic rings. The van der Waals surface area contributed by atoms with Crippen molar-refractivity contribution in [3.05, 3.63) is 77.7 Å². The second-order valence-corrected chi connectivity index (χ2v) is 6.74. The maximum absolute atomic E-state index is 11.8. The van der Waals surface area contributed by atoms with E-state index in [4.69, 9.17) is 4.74 Å². The molecule has 0 bridgehead atoms. The molecule has 140 valence electrons. The Kier molecular flexibility index (Phi) is 6.14. The molecule has 2 aromatic carbocycles. The summed E-state index contributed by atoms with van der Waals surface area (Å²) in [6.07, 6.45) is 1.27. The summed E-state index contributed by atoms with van der Waals surface area (Å²) in [5.41, 5.74) is 1.50. The number of allylic oxidation sites excluding steroid dienone is 1. The first-order valence-corrected chi connectivity index (χ1v) is 9.27. The predicted molar refractivity (Wildman–Crippen MR) is 108 cm³/mol. The number of aryl methyl sites for hydroxylation is 1. The van der Waals surface area contributed by atoms with Crippen LogP contribution in [0.3, 0.4) is 0 Å². The second kappa shape index (κ2) is 8.93. The number of para-hydroxylation sites is 2. The highest BCUT2D eigenvalue weighted by molar-refractivity contribution is 8.02. The zero-order valence-corrected chi connectivity index (χ0v) is 15.9. The fourth-order valence-corrected chi connectivity index (χ4v) is 3.19. The van der Waals surface area contributed by atoms with Gasteiger partial charge in [0.2, 0.25) is 0 Å². The highest BCUT2D eigenvalue weighted by Gasteiger charge is 2.17. The van der Waals surface area contributed by atoms with Crippen LogP contribution in [0, 0.1) is 11.3 Å². The Hall–Kier alpha value is -3.50. The van der Waals surface area contributed by atoms with Gasteiger partial charge in [-0.15, -0.1) is 0 Å². The molecule has 1 heterocycles. The number of ether oxygens (including phenoxy) is 1. The van der Waals surface area contributed by atoms with Crippen LogP contribution in [-0.4, -0.2) is 27.2 Å². The van der Waals surface area contributed by atoms with E-state index in [0.29, 0.717) is 11.3 Å². The van der Waals surface area contributed by atoms with Crippen LogP contribution in [0.2, 0.25) is 0 Å². The molecule has 1 aromatic heterocycles. The topological polar surface area (TPSA) is 88.1 Å². The number of hydrogen-bond donors (Lipinski definition) is 1. The van der Waals surface area contributed by atoms with E-state index < -0.39 is 12.6 Å². The van der Waals surface area contributed by atoms with Gasteiger partial charge in [0, 0.05) is 18.0 Å². The number of aromatic nitrogens is 2. The van der Waals surface area contributed by atoms with Gasteiger partial charge in [-0.25, -0.2) is 9.78 Å². The quantitative estimate of drug-likeness (QED) is 0.223. The van der Waals surface area contributed by atoms with Crippen molar-refractivity contribution >= 4 is 34.3 Å². The molecule has 0 unspecified atom stereocenters. The number of rotatable bonds is 6. The van der Waals surface area contributed by atoms with Crippen molar-refractivity contribution in [2.24, 2.45) is 7.05 Å². The van der Waals surface area contributed by atoms with E-state index in [2.05, 4.69) is 4.98 Å². The van der Waals surface area contributed by atoms with E-state index in [0.717, 1.165) is 10.4 Å². The first-order valence-electron chi connectivity index (χ1n) is 8.39. The molecule has 28 heavy (non-hydrogen) atoms. The number of aliphatic hydroxyl groups excluding tert-OH is 1. The van der Waals surface area contributed by atoms with Crippen LogP contribution in [-0.2, 0) is 16.6 Å². The molecule has 0 saturated carbocycles. The number of thioether (sulfide) groups is 1. The first-order chi connectivity index (χ1) is 13.6. The number of aliphatic hydroxyl groups is 1. The summed E-state index contributed by atoms with van der Waals surface area (Å²) in [7, 11) is 1.75. The van der Waals surface area contributed by atoms with Crippen molar-refractivity contribution in [1.82, 2.24) is 9.55 Å². The molecule has 0 fully saturated rings. The van der Waals surface area contributed by atoms with Crippen LogP contribution in [0.1, 0.15) is 5.82 Å². The normalized spacial score (nSPS) is 12.0. The van der Waals surface area contributed by atoms with Gasteiger partial charge in [0.1, 0.15) is 18.2 Å². The molecule has 3 rings (SSSR count). The lowest BCUT2D eigenvalue weighted by molar-refractivity contribution is -0.137. The van der Waals surface area contributed by atoms with Gasteiger partial charge in [0.25, 0.3) is 0 Å². The van der Waals surface area contributed by atoms with Gasteiger partial charge in [-0.1, -0.05) is 42.1 Å². The number of esters is 1. The molecule has 0 atom stereocenters. The average molecular weight is 391 g/mol. The van der Waals surface area contributed by atoms with Crippen LogP contribution in [0.25, 0.3) is 16.6 Å². The van der Waals surface area contributed by atoms with Crippen molar-refractivity contribution in [2.75, 3.05) is 6.61 Å². The number of carbonyl (C=O) groups is 1. The molecule has 0 aliphatic rings. The number of fused-ring (bicyclic) bond motifs is 1. The minimum Gasteiger partial charge on any atom is -0.507 e. The monoisotopic (exact) mass is 391 g/mol. The van der Waals surface area contributed by atoms with Crippen molar-refractivity contribution in [2.45, 2.75) is 4.90 Å². The second-order valence-electron chi connectivity index (χ2n) is 5.76. The van der Waals surface area contributed by atoms with E-state index in [1.54, 1.807) is 17.0 Å². The zero-order valence-electron chi connectivity index (χ0n) is 15.1. The van der Waals surface area contributed by atoms with Gasteiger partial charge in [-0.3, -0.25) is 0 Å². The minimum atomic E-state index is -0.614. The van der Waals surface area contributed by atoms with Crippen LogP contribution >= 0.6 is 11.8 Å². The summed E-state index contributed by atoms with van der Waals surface area (Å²) in [6.45, 7) is -0.411. The van der Waals surface area contributed by atoms with E-state index in [1.165, 1.54) is 17.8 Å². The summed E-state index contributed by atoms with van der Waals surface area (Å²) in [5.74, 6) is -0.650. The molecule has 0 spiro atoms.